The van der Waals surface area contributed by atoms with Crippen LogP contribution in [-0.2, 0) is 4.79 Å². The minimum Gasteiger partial charge on any atom is -0.326 e. The van der Waals surface area contributed by atoms with Crippen LogP contribution in [-0.4, -0.2) is 30.7 Å². The Bertz CT molecular complexity index is 1210. The Morgan fingerprint density at radius 1 is 0.969 bits per heavy atom. The number of anilines is 1. The Labute approximate surface area is 186 Å². The fourth-order valence-electron chi connectivity index (χ4n) is 4.41. The van der Waals surface area contributed by atoms with Gasteiger partial charge in [0, 0.05) is 35.6 Å². The Balaban J connectivity index is 1.33. The van der Waals surface area contributed by atoms with Crippen LogP contribution in [0.15, 0.2) is 60.9 Å². The molecule has 7 heteroatoms. The van der Waals surface area contributed by atoms with Crippen molar-refractivity contribution in [2.45, 2.75) is 44.9 Å². The molecule has 0 aliphatic heterocycles. The molecule has 1 N–H and O–H groups in total. The number of pyridine rings is 1. The molecular weight excluding hydrogens is 400 g/mol. The molecule has 3 aromatic heterocycles. The average molecular weight is 427 g/mol. The van der Waals surface area contributed by atoms with Crippen LogP contribution >= 0.6 is 0 Å². The number of hydrogen-bond donors (Lipinski definition) is 1. The third kappa shape index (κ3) is 4.51. The van der Waals surface area contributed by atoms with Crippen LogP contribution in [0.5, 0.6) is 0 Å². The van der Waals surface area contributed by atoms with Crippen LogP contribution in [0.2, 0.25) is 0 Å². The zero-order valence-electron chi connectivity index (χ0n) is 17.9. The van der Waals surface area contributed by atoms with E-state index >= 15 is 0 Å². The van der Waals surface area contributed by atoms with Gasteiger partial charge in [0.05, 0.1) is 5.69 Å². The zero-order chi connectivity index (χ0) is 21.8. The van der Waals surface area contributed by atoms with E-state index < -0.39 is 0 Å². The molecule has 0 unspecified atom stereocenters. The van der Waals surface area contributed by atoms with Gasteiger partial charge in [-0.2, -0.15) is 9.61 Å². The third-order valence-electron chi connectivity index (χ3n) is 6.15. The van der Waals surface area contributed by atoms with E-state index in [2.05, 4.69) is 20.5 Å². The van der Waals surface area contributed by atoms with E-state index in [0.717, 1.165) is 28.9 Å². The van der Waals surface area contributed by atoms with Crippen molar-refractivity contribution in [3.05, 3.63) is 60.9 Å². The number of hydrogen-bond acceptors (Lipinski definition) is 5. The number of carbonyl (C=O) groups excluding carboxylic acids is 1. The molecule has 3 heterocycles. The lowest BCUT2D eigenvalue weighted by atomic mass is 9.86. The summed E-state index contributed by atoms with van der Waals surface area (Å²) < 4.78 is 1.74. The standard InChI is InChI=1S/C25H26N6O/c32-24(12-9-18-5-2-1-3-6-18)27-21-8-4-7-20(17-21)22-10-11-23-28-29-25(31(23)30-22)19-13-15-26-16-14-19/h4,7-8,10-11,13-18H,1-3,5-6,9,12H2,(H,27,32). The molecule has 162 valence electrons. The van der Waals surface area contributed by atoms with Crippen molar-refractivity contribution in [2.24, 2.45) is 5.92 Å². The summed E-state index contributed by atoms with van der Waals surface area (Å²) in [6, 6.07) is 15.4. The fourth-order valence-corrected chi connectivity index (χ4v) is 4.41. The van der Waals surface area contributed by atoms with Crippen molar-refractivity contribution in [3.8, 4) is 22.6 Å². The van der Waals surface area contributed by atoms with E-state index in [9.17, 15) is 4.79 Å². The van der Waals surface area contributed by atoms with Gasteiger partial charge in [-0.3, -0.25) is 9.78 Å². The lowest BCUT2D eigenvalue weighted by molar-refractivity contribution is -0.116. The van der Waals surface area contributed by atoms with Gasteiger partial charge in [-0.1, -0.05) is 44.2 Å². The van der Waals surface area contributed by atoms with Gasteiger partial charge in [-0.15, -0.1) is 10.2 Å². The van der Waals surface area contributed by atoms with E-state index in [-0.39, 0.29) is 5.91 Å². The van der Waals surface area contributed by atoms with Crippen LogP contribution in [0.3, 0.4) is 0 Å². The molecule has 32 heavy (non-hydrogen) atoms. The normalized spacial score (nSPS) is 14.5. The molecule has 0 spiro atoms. The number of nitrogens with one attached hydrogen (secondary N) is 1. The topological polar surface area (TPSA) is 85.1 Å². The first-order chi connectivity index (χ1) is 15.8. The predicted molar refractivity (Wildman–Crippen MR) is 124 cm³/mol. The van der Waals surface area contributed by atoms with Crippen molar-refractivity contribution in [1.82, 2.24) is 24.8 Å². The fraction of sp³-hybridized carbons (Fsp3) is 0.320. The lowest BCUT2D eigenvalue weighted by Crippen LogP contribution is -2.14. The Hall–Kier alpha value is -3.61. The summed E-state index contributed by atoms with van der Waals surface area (Å²) in [7, 11) is 0. The van der Waals surface area contributed by atoms with Gasteiger partial charge in [0.2, 0.25) is 5.91 Å². The molecular formula is C25H26N6O. The first kappa shape index (κ1) is 20.3. The highest BCUT2D eigenvalue weighted by Gasteiger charge is 2.15. The van der Waals surface area contributed by atoms with E-state index in [1.165, 1.54) is 32.1 Å². The third-order valence-corrected chi connectivity index (χ3v) is 6.15. The average Bonchev–Trinajstić information content (AvgIpc) is 3.27. The smallest absolute Gasteiger partial charge is 0.224 e. The van der Waals surface area contributed by atoms with E-state index in [1.54, 1.807) is 16.9 Å². The molecule has 1 fully saturated rings. The maximum atomic E-state index is 12.5. The first-order valence-electron chi connectivity index (χ1n) is 11.3. The van der Waals surface area contributed by atoms with Crippen molar-refractivity contribution in [2.75, 3.05) is 5.32 Å². The van der Waals surface area contributed by atoms with Gasteiger partial charge in [0.25, 0.3) is 0 Å². The summed E-state index contributed by atoms with van der Waals surface area (Å²) >= 11 is 0. The van der Waals surface area contributed by atoms with Crippen LogP contribution in [0.4, 0.5) is 5.69 Å². The van der Waals surface area contributed by atoms with Gasteiger partial charge in [-0.25, -0.2) is 0 Å². The number of carbonyl (C=O) groups is 1. The van der Waals surface area contributed by atoms with Gasteiger partial charge < -0.3 is 5.32 Å². The molecule has 1 aliphatic carbocycles. The molecule has 5 rings (SSSR count). The van der Waals surface area contributed by atoms with Crippen molar-refractivity contribution >= 4 is 17.2 Å². The largest absolute Gasteiger partial charge is 0.326 e. The number of rotatable bonds is 6. The molecule has 1 aliphatic rings. The maximum absolute atomic E-state index is 12.5. The monoisotopic (exact) mass is 426 g/mol. The van der Waals surface area contributed by atoms with Gasteiger partial charge >= 0.3 is 0 Å². The van der Waals surface area contributed by atoms with Crippen LogP contribution in [0, 0.1) is 5.92 Å². The van der Waals surface area contributed by atoms with Crippen molar-refractivity contribution < 1.29 is 4.79 Å². The van der Waals surface area contributed by atoms with E-state index in [1.807, 2.05) is 48.5 Å². The molecule has 0 radical (unpaired) electrons. The summed E-state index contributed by atoms with van der Waals surface area (Å²) in [5.41, 5.74) is 4.07. The Morgan fingerprint density at radius 3 is 2.66 bits per heavy atom. The van der Waals surface area contributed by atoms with Crippen LogP contribution in [0.1, 0.15) is 44.9 Å². The van der Waals surface area contributed by atoms with Crippen molar-refractivity contribution in [1.29, 1.82) is 0 Å². The summed E-state index contributed by atoms with van der Waals surface area (Å²) in [5, 5.41) is 16.3. The van der Waals surface area contributed by atoms with Crippen LogP contribution < -0.4 is 5.32 Å². The number of aromatic nitrogens is 5. The number of fused-ring (bicyclic) bond motifs is 1. The number of nitrogens with zero attached hydrogens (tertiary/aromatic N) is 5. The number of amides is 1. The van der Waals surface area contributed by atoms with Gasteiger partial charge in [0.1, 0.15) is 0 Å². The highest BCUT2D eigenvalue weighted by Crippen LogP contribution is 2.28. The summed E-state index contributed by atoms with van der Waals surface area (Å²) in [5.74, 6) is 1.45. The molecule has 0 atom stereocenters. The molecule has 0 bridgehead atoms. The second kappa shape index (κ2) is 9.26. The molecule has 1 amide bonds. The van der Waals surface area contributed by atoms with Crippen molar-refractivity contribution in [3.63, 3.8) is 0 Å². The zero-order valence-corrected chi connectivity index (χ0v) is 17.9. The minimum atomic E-state index is 0.0786. The molecule has 0 saturated heterocycles. The van der Waals surface area contributed by atoms with Crippen LogP contribution in [0.25, 0.3) is 28.3 Å². The highest BCUT2D eigenvalue weighted by atomic mass is 16.1. The SMILES string of the molecule is O=C(CCC1CCCCC1)Nc1cccc(-c2ccc3nnc(-c4ccncc4)n3n2)c1. The summed E-state index contributed by atoms with van der Waals surface area (Å²) in [4.78, 5) is 16.6. The molecule has 4 aromatic rings. The second-order valence-corrected chi connectivity index (χ2v) is 8.42. The predicted octanol–water partition coefficient (Wildman–Crippen LogP) is 5.15. The van der Waals surface area contributed by atoms with Gasteiger partial charge in [-0.05, 0) is 48.7 Å². The first-order valence-corrected chi connectivity index (χ1v) is 11.3. The Morgan fingerprint density at radius 2 is 1.81 bits per heavy atom. The summed E-state index contributed by atoms with van der Waals surface area (Å²) in [6.45, 7) is 0. The number of benzene rings is 1. The lowest BCUT2D eigenvalue weighted by Gasteiger charge is -2.21. The summed E-state index contributed by atoms with van der Waals surface area (Å²) in [6.07, 6.45) is 11.5. The second-order valence-electron chi connectivity index (χ2n) is 8.42. The Kier molecular flexibility index (Phi) is 5.87. The van der Waals surface area contributed by atoms with E-state index in [4.69, 9.17) is 5.10 Å². The minimum absolute atomic E-state index is 0.0786. The highest BCUT2D eigenvalue weighted by molar-refractivity contribution is 5.91. The quantitative estimate of drug-likeness (QED) is 0.461. The van der Waals surface area contributed by atoms with Gasteiger partial charge in [0.15, 0.2) is 11.5 Å². The molecule has 1 saturated carbocycles. The van der Waals surface area contributed by atoms with E-state index in [0.29, 0.717) is 23.8 Å². The molecule has 1 aromatic carbocycles. The maximum Gasteiger partial charge on any atom is 0.224 e. The molecule has 7 nitrogen and oxygen atoms in total.